The van der Waals surface area contributed by atoms with Crippen molar-refractivity contribution >= 4 is 29.7 Å². The number of nitrogens with zero attached hydrogens (tertiary/aromatic N) is 1. The Kier molecular flexibility index (Phi) is 10.9. The van der Waals surface area contributed by atoms with Gasteiger partial charge in [-0.15, -0.1) is 0 Å². The van der Waals surface area contributed by atoms with E-state index in [1.54, 1.807) is 20.8 Å². The van der Waals surface area contributed by atoms with E-state index in [4.69, 9.17) is 20.4 Å². The molecule has 31 heavy (non-hydrogen) atoms. The predicted octanol–water partition coefficient (Wildman–Crippen LogP) is 0.500. The Morgan fingerprint density at radius 2 is 1.61 bits per heavy atom. The molecule has 0 fully saturated rings. The quantitative estimate of drug-likeness (QED) is 0.273. The summed E-state index contributed by atoms with van der Waals surface area (Å²) in [6.07, 6.45) is -1.16. The van der Waals surface area contributed by atoms with Gasteiger partial charge in [-0.05, 0) is 46.6 Å². The summed E-state index contributed by atoms with van der Waals surface area (Å²) >= 11 is 0. The predicted molar refractivity (Wildman–Crippen MR) is 100 cm³/mol. The number of rotatable bonds is 8. The van der Waals surface area contributed by atoms with Crippen LogP contribution in [0.3, 0.4) is 0 Å². The van der Waals surface area contributed by atoms with E-state index in [1.807, 2.05) is 0 Å². The second-order valence-electron chi connectivity index (χ2n) is 7.34. The molecule has 0 radical (unpaired) electrons. The van der Waals surface area contributed by atoms with Gasteiger partial charge in [0.05, 0.1) is 0 Å². The van der Waals surface area contributed by atoms with E-state index in [0.29, 0.717) is 25.8 Å². The molecule has 0 saturated heterocycles. The highest BCUT2D eigenvalue weighted by molar-refractivity contribution is 6.14. The van der Waals surface area contributed by atoms with Crippen molar-refractivity contribution in [2.75, 3.05) is 13.1 Å². The minimum absolute atomic E-state index is 0.373. The number of carboxylic acids is 1. The Bertz CT molecular complexity index is 697. The summed E-state index contributed by atoms with van der Waals surface area (Å²) < 4.78 is 37.0. The highest BCUT2D eigenvalue weighted by Crippen LogP contribution is 2.13. The number of halogens is 3. The molecule has 13 heteroatoms. The van der Waals surface area contributed by atoms with E-state index < -0.39 is 54.0 Å². The normalized spacial score (nSPS) is 14.6. The lowest BCUT2D eigenvalue weighted by atomic mass is 10.1. The van der Waals surface area contributed by atoms with Crippen molar-refractivity contribution in [3.05, 3.63) is 12.2 Å². The molecule has 176 valence electrons. The fourth-order valence-electron chi connectivity index (χ4n) is 2.09. The zero-order chi connectivity index (χ0) is 24.4. The zero-order valence-electron chi connectivity index (χ0n) is 17.3. The first kappa shape index (κ1) is 28.0. The number of carbonyl (C=O) groups excluding carboxylic acids is 4. The summed E-state index contributed by atoms with van der Waals surface area (Å²) in [5.74, 6) is -5.00. The van der Waals surface area contributed by atoms with Crippen LogP contribution >= 0.6 is 0 Å². The molecular formula is C18H26F3N3O7. The van der Waals surface area contributed by atoms with Crippen LogP contribution in [-0.2, 0) is 28.7 Å². The lowest BCUT2D eigenvalue weighted by molar-refractivity contribution is -0.192. The Hall–Kier alpha value is -2.96. The fraction of sp³-hybridized carbons (Fsp3) is 0.611. The maximum Gasteiger partial charge on any atom is 0.490 e. The first-order chi connectivity index (χ1) is 14.1. The lowest BCUT2D eigenvalue weighted by Crippen LogP contribution is -2.48. The van der Waals surface area contributed by atoms with Crippen LogP contribution in [0.1, 0.15) is 40.0 Å². The molecule has 1 aliphatic heterocycles. The third kappa shape index (κ3) is 11.7. The first-order valence-corrected chi connectivity index (χ1v) is 9.14. The third-order valence-corrected chi connectivity index (χ3v) is 3.42. The van der Waals surface area contributed by atoms with E-state index >= 15 is 0 Å². The average Bonchev–Trinajstić information content (AvgIpc) is 2.91. The Morgan fingerprint density at radius 3 is 2.00 bits per heavy atom. The van der Waals surface area contributed by atoms with Crippen LogP contribution in [0.4, 0.5) is 13.2 Å². The van der Waals surface area contributed by atoms with Gasteiger partial charge in [-0.25, -0.2) is 9.59 Å². The van der Waals surface area contributed by atoms with Gasteiger partial charge < -0.3 is 20.9 Å². The number of hydrogen-bond donors (Lipinski definition) is 3. The molecular weight excluding hydrogens is 427 g/mol. The zero-order valence-corrected chi connectivity index (χ0v) is 17.3. The number of nitrogens with one attached hydrogen (secondary N) is 1. The minimum Gasteiger partial charge on any atom is -0.475 e. The molecule has 3 amide bonds. The van der Waals surface area contributed by atoms with Gasteiger partial charge in [-0.3, -0.25) is 19.3 Å². The van der Waals surface area contributed by atoms with Crippen LogP contribution in [0.15, 0.2) is 12.2 Å². The highest BCUT2D eigenvalue weighted by Gasteiger charge is 2.38. The van der Waals surface area contributed by atoms with Gasteiger partial charge in [0.25, 0.3) is 11.8 Å². The second-order valence-corrected chi connectivity index (χ2v) is 7.34. The number of amides is 3. The summed E-state index contributed by atoms with van der Waals surface area (Å²) in [4.78, 5) is 57.0. The van der Waals surface area contributed by atoms with E-state index in [-0.39, 0.29) is 0 Å². The van der Waals surface area contributed by atoms with Gasteiger partial charge in [0.15, 0.2) is 0 Å². The number of nitrogens with two attached hydrogens (primary N) is 1. The maximum atomic E-state index is 12.2. The number of carboxylic acid groups (broad SMARTS) is 1. The molecule has 0 spiro atoms. The molecule has 0 aromatic heterocycles. The van der Waals surface area contributed by atoms with Gasteiger partial charge >= 0.3 is 18.1 Å². The summed E-state index contributed by atoms with van der Waals surface area (Å²) in [7, 11) is 0. The van der Waals surface area contributed by atoms with Crippen LogP contribution in [0.25, 0.3) is 0 Å². The fourth-order valence-corrected chi connectivity index (χ4v) is 2.09. The van der Waals surface area contributed by atoms with Crippen LogP contribution in [-0.4, -0.2) is 70.6 Å². The molecule has 4 N–H and O–H groups in total. The lowest BCUT2D eigenvalue weighted by Gasteiger charge is -2.25. The topological polar surface area (TPSA) is 156 Å². The number of unbranched alkanes of at least 4 members (excludes halogenated alkanes) is 1. The van der Waals surface area contributed by atoms with Crippen molar-refractivity contribution in [3.63, 3.8) is 0 Å². The van der Waals surface area contributed by atoms with Gasteiger partial charge in [0, 0.05) is 12.2 Å². The Morgan fingerprint density at radius 1 is 1.13 bits per heavy atom. The summed E-state index contributed by atoms with van der Waals surface area (Å²) in [6, 6.07) is -0.843. The largest absolute Gasteiger partial charge is 0.490 e. The second kappa shape index (κ2) is 12.0. The smallest absolute Gasteiger partial charge is 0.475 e. The number of carbonyl (C=O) groups is 5. The standard InChI is InChI=1S/C16H25N3O5.C2HF3O2/c1-16(2,3)24-15(23)11(6-4-5-9-17)18-12(20)10-19-13(21)7-8-14(19)22;3-2(4,5)1(6)7/h7-8,11H,4-6,9-10,17H2,1-3H3,(H,18,20);(H,6,7). The van der Waals surface area contributed by atoms with E-state index in [0.717, 1.165) is 17.1 Å². The number of imide groups is 1. The van der Waals surface area contributed by atoms with Crippen molar-refractivity contribution in [1.82, 2.24) is 10.2 Å². The van der Waals surface area contributed by atoms with Crippen LogP contribution in [0.2, 0.25) is 0 Å². The van der Waals surface area contributed by atoms with E-state index in [2.05, 4.69) is 5.32 Å². The molecule has 0 aromatic carbocycles. The van der Waals surface area contributed by atoms with Crippen LogP contribution < -0.4 is 11.1 Å². The number of hydrogen-bond acceptors (Lipinski definition) is 7. The highest BCUT2D eigenvalue weighted by atomic mass is 19.4. The molecule has 0 aliphatic carbocycles. The van der Waals surface area contributed by atoms with Gasteiger partial charge in [0.2, 0.25) is 5.91 Å². The SMILES string of the molecule is CC(C)(C)OC(=O)C(CCCCN)NC(=O)CN1C(=O)C=CC1=O.O=C(O)C(F)(F)F. The van der Waals surface area contributed by atoms with Crippen molar-refractivity contribution in [1.29, 1.82) is 0 Å². The van der Waals surface area contributed by atoms with Crippen LogP contribution in [0.5, 0.6) is 0 Å². The van der Waals surface area contributed by atoms with Crippen LogP contribution in [0, 0.1) is 0 Å². The monoisotopic (exact) mass is 453 g/mol. The Balaban J connectivity index is 0.00000110. The first-order valence-electron chi connectivity index (χ1n) is 9.14. The summed E-state index contributed by atoms with van der Waals surface area (Å²) in [6.45, 7) is 5.25. The number of alkyl halides is 3. The molecule has 0 bridgehead atoms. The molecule has 0 aromatic rings. The Labute approximate surface area is 176 Å². The number of esters is 1. The molecule has 1 aliphatic rings. The van der Waals surface area contributed by atoms with Gasteiger partial charge in [-0.1, -0.05) is 0 Å². The molecule has 0 saturated carbocycles. The van der Waals surface area contributed by atoms with Crippen molar-refractivity contribution in [2.45, 2.75) is 57.9 Å². The molecule has 10 nitrogen and oxygen atoms in total. The average molecular weight is 453 g/mol. The molecule has 1 unspecified atom stereocenters. The molecule has 1 atom stereocenters. The van der Waals surface area contributed by atoms with E-state index in [1.165, 1.54) is 0 Å². The van der Waals surface area contributed by atoms with Gasteiger partial charge in [0.1, 0.15) is 18.2 Å². The number of aliphatic carboxylic acids is 1. The number of ether oxygens (including phenoxy) is 1. The maximum absolute atomic E-state index is 12.2. The molecule has 1 heterocycles. The van der Waals surface area contributed by atoms with Crippen molar-refractivity contribution < 1.29 is 47.0 Å². The van der Waals surface area contributed by atoms with Gasteiger partial charge in [-0.2, -0.15) is 13.2 Å². The minimum atomic E-state index is -5.08. The van der Waals surface area contributed by atoms with Crippen molar-refractivity contribution in [3.8, 4) is 0 Å². The third-order valence-electron chi connectivity index (χ3n) is 3.42. The van der Waals surface area contributed by atoms with Crippen molar-refractivity contribution in [2.24, 2.45) is 5.73 Å². The summed E-state index contributed by atoms with van der Waals surface area (Å²) in [5, 5.41) is 9.66. The molecule has 1 rings (SSSR count). The summed E-state index contributed by atoms with van der Waals surface area (Å²) in [5.41, 5.74) is 4.76. The van der Waals surface area contributed by atoms with E-state index in [9.17, 15) is 32.3 Å².